The summed E-state index contributed by atoms with van der Waals surface area (Å²) in [6.07, 6.45) is 8.86. The van der Waals surface area contributed by atoms with Crippen molar-refractivity contribution in [3.05, 3.63) is 35.4 Å². The molecule has 0 aromatic heterocycles. The predicted molar refractivity (Wildman–Crippen MR) is 81.7 cm³/mol. The van der Waals surface area contributed by atoms with Crippen LogP contribution < -0.4 is 11.3 Å². The van der Waals surface area contributed by atoms with Crippen molar-refractivity contribution in [1.82, 2.24) is 5.43 Å². The molecule has 19 heavy (non-hydrogen) atoms. The van der Waals surface area contributed by atoms with E-state index in [2.05, 4.69) is 43.5 Å². The van der Waals surface area contributed by atoms with Crippen LogP contribution in [-0.2, 0) is 6.42 Å². The molecule has 2 nitrogen and oxygen atoms in total. The lowest BCUT2D eigenvalue weighted by atomic mass is 9.73. The quantitative estimate of drug-likeness (QED) is 0.596. The molecule has 2 heteroatoms. The van der Waals surface area contributed by atoms with Crippen molar-refractivity contribution in [2.24, 2.45) is 11.3 Å². The van der Waals surface area contributed by atoms with Crippen LogP contribution in [0.1, 0.15) is 69.5 Å². The molecular weight excluding hydrogens is 232 g/mol. The Kier molecular flexibility index (Phi) is 5.00. The van der Waals surface area contributed by atoms with Gasteiger partial charge in [0.2, 0.25) is 0 Å². The highest BCUT2D eigenvalue weighted by Gasteiger charge is 2.40. The molecule has 1 unspecified atom stereocenters. The average Bonchev–Trinajstić information content (AvgIpc) is 2.90. The highest BCUT2D eigenvalue weighted by atomic mass is 15.2. The Labute approximate surface area is 117 Å². The van der Waals surface area contributed by atoms with Crippen molar-refractivity contribution in [1.29, 1.82) is 0 Å². The molecule has 0 amide bonds. The van der Waals surface area contributed by atoms with E-state index in [0.717, 1.165) is 6.42 Å². The SMILES string of the molecule is CCCc1cccc(C(NN)C2(CC)CCCC2)c1. The first kappa shape index (κ1) is 14.5. The lowest BCUT2D eigenvalue weighted by Gasteiger charge is -2.37. The largest absolute Gasteiger partial charge is 0.271 e. The van der Waals surface area contributed by atoms with Crippen molar-refractivity contribution in [2.45, 2.75) is 64.8 Å². The van der Waals surface area contributed by atoms with Crippen LogP contribution in [0.15, 0.2) is 24.3 Å². The van der Waals surface area contributed by atoms with Gasteiger partial charge < -0.3 is 0 Å². The minimum atomic E-state index is 0.303. The molecule has 1 aliphatic carbocycles. The van der Waals surface area contributed by atoms with Crippen LogP contribution >= 0.6 is 0 Å². The molecule has 0 aliphatic heterocycles. The number of hydrogen-bond donors (Lipinski definition) is 2. The summed E-state index contributed by atoms with van der Waals surface area (Å²) in [6.45, 7) is 4.54. The summed E-state index contributed by atoms with van der Waals surface area (Å²) in [5.41, 5.74) is 6.29. The second-order valence-electron chi connectivity index (χ2n) is 6.02. The van der Waals surface area contributed by atoms with E-state index in [1.807, 2.05) is 0 Å². The van der Waals surface area contributed by atoms with Crippen LogP contribution in [0.5, 0.6) is 0 Å². The van der Waals surface area contributed by atoms with Gasteiger partial charge in [-0.25, -0.2) is 0 Å². The number of hydrogen-bond acceptors (Lipinski definition) is 2. The molecule has 1 aromatic carbocycles. The first-order valence-electron chi connectivity index (χ1n) is 7.80. The van der Waals surface area contributed by atoms with E-state index in [1.54, 1.807) is 0 Å². The lowest BCUT2D eigenvalue weighted by molar-refractivity contribution is 0.188. The maximum atomic E-state index is 5.92. The van der Waals surface area contributed by atoms with Crippen LogP contribution in [0.3, 0.4) is 0 Å². The minimum absolute atomic E-state index is 0.303. The summed E-state index contributed by atoms with van der Waals surface area (Å²) in [6, 6.07) is 9.30. The van der Waals surface area contributed by atoms with E-state index in [9.17, 15) is 0 Å². The molecule has 2 rings (SSSR count). The molecule has 0 bridgehead atoms. The fourth-order valence-corrected chi connectivity index (χ4v) is 3.77. The molecule has 1 fully saturated rings. The maximum absolute atomic E-state index is 5.92. The average molecular weight is 260 g/mol. The molecule has 0 saturated heterocycles. The summed E-state index contributed by atoms with van der Waals surface area (Å²) in [7, 11) is 0. The zero-order valence-corrected chi connectivity index (χ0v) is 12.4. The fraction of sp³-hybridized carbons (Fsp3) is 0.647. The van der Waals surface area contributed by atoms with Crippen molar-refractivity contribution in [2.75, 3.05) is 0 Å². The summed E-state index contributed by atoms with van der Waals surface area (Å²) < 4.78 is 0. The van der Waals surface area contributed by atoms with Crippen LogP contribution in [-0.4, -0.2) is 0 Å². The van der Waals surface area contributed by atoms with Gasteiger partial charge in [-0.15, -0.1) is 0 Å². The molecule has 1 atom stereocenters. The van der Waals surface area contributed by atoms with Gasteiger partial charge in [-0.3, -0.25) is 11.3 Å². The van der Waals surface area contributed by atoms with Gasteiger partial charge in [0.15, 0.2) is 0 Å². The summed E-state index contributed by atoms with van der Waals surface area (Å²) in [4.78, 5) is 0. The zero-order valence-electron chi connectivity index (χ0n) is 12.4. The monoisotopic (exact) mass is 260 g/mol. The Bertz CT molecular complexity index is 394. The van der Waals surface area contributed by atoms with Crippen LogP contribution in [0.4, 0.5) is 0 Å². The molecule has 3 N–H and O–H groups in total. The summed E-state index contributed by atoms with van der Waals surface area (Å²) in [5.74, 6) is 5.92. The number of nitrogens with two attached hydrogens (primary N) is 1. The number of nitrogens with one attached hydrogen (secondary N) is 1. The van der Waals surface area contributed by atoms with E-state index >= 15 is 0 Å². The van der Waals surface area contributed by atoms with Crippen LogP contribution in [0.2, 0.25) is 0 Å². The van der Waals surface area contributed by atoms with Gasteiger partial charge in [-0.2, -0.15) is 0 Å². The summed E-state index contributed by atoms with van der Waals surface area (Å²) >= 11 is 0. The number of aryl methyl sites for hydroxylation is 1. The second-order valence-corrected chi connectivity index (χ2v) is 6.02. The highest BCUT2D eigenvalue weighted by molar-refractivity contribution is 5.28. The van der Waals surface area contributed by atoms with Gasteiger partial charge in [-0.1, -0.05) is 57.4 Å². The van der Waals surface area contributed by atoms with Crippen LogP contribution in [0.25, 0.3) is 0 Å². The first-order chi connectivity index (χ1) is 9.25. The van der Waals surface area contributed by atoms with Gasteiger partial charge in [0.25, 0.3) is 0 Å². The Hall–Kier alpha value is -0.860. The Morgan fingerprint density at radius 1 is 1.26 bits per heavy atom. The second kappa shape index (κ2) is 6.53. The predicted octanol–water partition coefficient (Wildman–Crippen LogP) is 4.11. The molecule has 1 saturated carbocycles. The van der Waals surface area contributed by atoms with E-state index in [0.29, 0.717) is 11.5 Å². The normalized spacial score (nSPS) is 19.5. The van der Waals surface area contributed by atoms with Crippen molar-refractivity contribution < 1.29 is 0 Å². The molecule has 0 spiro atoms. The Balaban J connectivity index is 2.27. The first-order valence-corrected chi connectivity index (χ1v) is 7.80. The molecule has 0 heterocycles. The van der Waals surface area contributed by atoms with E-state index in [1.165, 1.54) is 49.7 Å². The lowest BCUT2D eigenvalue weighted by Crippen LogP contribution is -2.40. The summed E-state index contributed by atoms with van der Waals surface area (Å²) in [5, 5.41) is 0. The standard InChI is InChI=1S/C17H28N2/c1-3-8-14-9-7-10-15(13-14)16(19-18)17(4-2)11-5-6-12-17/h7,9-10,13,16,19H,3-6,8,11-12,18H2,1-2H3. The van der Waals surface area contributed by atoms with Crippen molar-refractivity contribution in [3.8, 4) is 0 Å². The van der Waals surface area contributed by atoms with Crippen molar-refractivity contribution >= 4 is 0 Å². The van der Waals surface area contributed by atoms with Crippen molar-refractivity contribution in [3.63, 3.8) is 0 Å². The van der Waals surface area contributed by atoms with Crippen LogP contribution in [0, 0.1) is 5.41 Å². The number of benzene rings is 1. The van der Waals surface area contributed by atoms with Gasteiger partial charge in [0, 0.05) is 0 Å². The third-order valence-electron chi connectivity index (χ3n) is 4.91. The topological polar surface area (TPSA) is 38.0 Å². The third-order valence-corrected chi connectivity index (χ3v) is 4.91. The molecule has 106 valence electrons. The van der Waals surface area contributed by atoms with Gasteiger partial charge >= 0.3 is 0 Å². The molecular formula is C17H28N2. The highest BCUT2D eigenvalue weighted by Crippen LogP contribution is 2.49. The number of hydrazine groups is 1. The Morgan fingerprint density at radius 2 is 2.00 bits per heavy atom. The smallest absolute Gasteiger partial charge is 0.0516 e. The van der Waals surface area contributed by atoms with E-state index in [4.69, 9.17) is 5.84 Å². The van der Waals surface area contributed by atoms with E-state index < -0.39 is 0 Å². The van der Waals surface area contributed by atoms with E-state index in [-0.39, 0.29) is 0 Å². The van der Waals surface area contributed by atoms with Gasteiger partial charge in [0.1, 0.15) is 0 Å². The molecule has 1 aromatic rings. The molecule has 1 aliphatic rings. The minimum Gasteiger partial charge on any atom is -0.271 e. The maximum Gasteiger partial charge on any atom is 0.0516 e. The zero-order chi connectivity index (χ0) is 13.7. The van der Waals surface area contributed by atoms with Gasteiger partial charge in [-0.05, 0) is 42.2 Å². The number of rotatable bonds is 6. The Morgan fingerprint density at radius 3 is 2.58 bits per heavy atom. The third kappa shape index (κ3) is 3.01. The molecule has 0 radical (unpaired) electrons. The fourth-order valence-electron chi connectivity index (χ4n) is 3.77. The van der Waals surface area contributed by atoms with Gasteiger partial charge in [0.05, 0.1) is 6.04 Å².